The molecule has 0 fully saturated rings. The molecule has 0 saturated heterocycles. The van der Waals surface area contributed by atoms with Crippen molar-refractivity contribution in [3.05, 3.63) is 61.3 Å². The van der Waals surface area contributed by atoms with E-state index in [-0.39, 0.29) is 21.5 Å². The summed E-state index contributed by atoms with van der Waals surface area (Å²) >= 11 is 7.26. The van der Waals surface area contributed by atoms with Crippen LogP contribution in [0.5, 0.6) is 0 Å². The molecule has 26 heavy (non-hydrogen) atoms. The largest absolute Gasteiger partial charge is 0.299 e. The number of nitriles is 1. The molecule has 0 spiro atoms. The van der Waals surface area contributed by atoms with Crippen molar-refractivity contribution in [3.8, 4) is 16.6 Å². The van der Waals surface area contributed by atoms with Gasteiger partial charge in [-0.15, -0.1) is 21.6 Å². The van der Waals surface area contributed by atoms with Crippen molar-refractivity contribution in [2.75, 3.05) is 0 Å². The smallest absolute Gasteiger partial charge is 0.289 e. The number of fused-ring (bicyclic) bond motifs is 3. The quantitative estimate of drug-likeness (QED) is 0.529. The average Bonchev–Trinajstić information content (AvgIpc) is 3.17. The highest BCUT2D eigenvalue weighted by Crippen LogP contribution is 2.35. The molecule has 0 aliphatic carbocycles. The predicted molar refractivity (Wildman–Crippen MR) is 98.5 cm³/mol. The first kappa shape index (κ1) is 16.4. The summed E-state index contributed by atoms with van der Waals surface area (Å²) in [5.74, 6) is 0. The van der Waals surface area contributed by atoms with Crippen LogP contribution >= 0.6 is 22.9 Å². The average molecular weight is 383 g/mol. The molecule has 4 rings (SSSR count). The zero-order chi connectivity index (χ0) is 18.6. The Morgan fingerprint density at radius 2 is 1.92 bits per heavy atom. The van der Waals surface area contributed by atoms with E-state index >= 15 is 0 Å². The molecule has 0 atom stereocenters. The molecule has 3 heterocycles. The number of hydrogen-bond donors (Lipinski definition) is 1. The van der Waals surface area contributed by atoms with Crippen LogP contribution in [0.25, 0.3) is 10.6 Å². The summed E-state index contributed by atoms with van der Waals surface area (Å²) in [7, 11) is 0. The van der Waals surface area contributed by atoms with E-state index in [2.05, 4.69) is 16.3 Å². The fourth-order valence-electron chi connectivity index (χ4n) is 2.99. The van der Waals surface area contributed by atoms with Crippen molar-refractivity contribution >= 4 is 34.3 Å². The van der Waals surface area contributed by atoms with Crippen LogP contribution in [0, 0.1) is 30.6 Å². The van der Waals surface area contributed by atoms with Gasteiger partial charge in [-0.25, -0.2) is 9.03 Å². The summed E-state index contributed by atoms with van der Waals surface area (Å²) in [6, 6.07) is 9.03. The second-order valence-electron chi connectivity index (χ2n) is 5.70. The van der Waals surface area contributed by atoms with Crippen LogP contribution in [0.1, 0.15) is 17.0 Å². The Morgan fingerprint density at radius 3 is 2.62 bits per heavy atom. The minimum absolute atomic E-state index is 0.177. The van der Waals surface area contributed by atoms with Gasteiger partial charge in [-0.05, 0) is 26.0 Å². The number of nitrogens with one attached hydrogen (secondary N) is 1. The number of azo groups is 1. The molecule has 1 N–H and O–H groups in total. The Labute approximate surface area is 156 Å². The molecule has 2 aliphatic heterocycles. The van der Waals surface area contributed by atoms with Crippen LogP contribution in [0.3, 0.4) is 0 Å². The summed E-state index contributed by atoms with van der Waals surface area (Å²) in [5.41, 5.74) is 2.36. The predicted octanol–water partition coefficient (Wildman–Crippen LogP) is 4.04. The van der Waals surface area contributed by atoms with Gasteiger partial charge in [0.25, 0.3) is 5.56 Å². The number of thiophene rings is 1. The van der Waals surface area contributed by atoms with E-state index in [0.29, 0.717) is 27.8 Å². The molecule has 0 amide bonds. The minimum Gasteiger partial charge on any atom is -0.289 e. The maximum atomic E-state index is 12.9. The fourth-order valence-corrected chi connectivity index (χ4v) is 4.13. The standard InChI is InChI=1S/C17H11ClN6OS/c1-8-13(22-21-12-6-4-3-5-11(12)18)17(25)24-9(2)15-14(23(8)24)10(7-19)16(20)26-15/h3-6,20H,1-2H3. The number of nitrogens with zero attached hydrogens (tertiary/aromatic N) is 5. The number of hydrogen-bond acceptors (Lipinski definition) is 6. The van der Waals surface area contributed by atoms with E-state index in [0.717, 1.165) is 4.88 Å². The molecule has 1 aromatic carbocycles. The first-order valence-electron chi connectivity index (χ1n) is 7.59. The summed E-state index contributed by atoms with van der Waals surface area (Å²) in [4.78, 5) is 13.6. The van der Waals surface area contributed by atoms with E-state index in [9.17, 15) is 10.1 Å². The van der Waals surface area contributed by atoms with E-state index in [4.69, 9.17) is 17.0 Å². The lowest BCUT2D eigenvalue weighted by atomic mass is 10.2. The molecule has 0 unspecified atom stereocenters. The number of rotatable bonds is 2. The third-order valence-electron chi connectivity index (χ3n) is 4.22. The number of aryl methyl sites for hydroxylation is 2. The Balaban J connectivity index is 2.02. The summed E-state index contributed by atoms with van der Waals surface area (Å²) < 4.78 is 3.29. The van der Waals surface area contributed by atoms with E-state index < -0.39 is 0 Å². The zero-order valence-electron chi connectivity index (χ0n) is 13.7. The minimum atomic E-state index is -0.324. The van der Waals surface area contributed by atoms with Gasteiger partial charge in [0.2, 0.25) is 0 Å². The monoisotopic (exact) mass is 382 g/mol. The highest BCUT2D eigenvalue weighted by molar-refractivity contribution is 7.13. The van der Waals surface area contributed by atoms with E-state index in [1.807, 2.05) is 0 Å². The molecular weight excluding hydrogens is 372 g/mol. The van der Waals surface area contributed by atoms with Gasteiger partial charge in [0.05, 0.1) is 21.3 Å². The van der Waals surface area contributed by atoms with Gasteiger partial charge in [-0.2, -0.15) is 5.26 Å². The van der Waals surface area contributed by atoms with Crippen molar-refractivity contribution in [2.24, 2.45) is 10.2 Å². The molecule has 0 saturated carbocycles. The van der Waals surface area contributed by atoms with Gasteiger partial charge < -0.3 is 0 Å². The third-order valence-corrected chi connectivity index (χ3v) is 5.64. The molecule has 128 valence electrons. The number of aromatic nitrogens is 2. The third kappa shape index (κ3) is 2.11. The Bertz CT molecular complexity index is 1320. The summed E-state index contributed by atoms with van der Waals surface area (Å²) in [6.45, 7) is 3.53. The van der Waals surface area contributed by atoms with Crippen LogP contribution < -0.4 is 10.2 Å². The van der Waals surface area contributed by atoms with Crippen molar-refractivity contribution in [3.63, 3.8) is 0 Å². The van der Waals surface area contributed by atoms with Crippen molar-refractivity contribution < 1.29 is 0 Å². The van der Waals surface area contributed by atoms with E-state index in [1.165, 1.54) is 15.9 Å². The van der Waals surface area contributed by atoms with Crippen molar-refractivity contribution in [1.29, 1.82) is 10.7 Å². The first-order chi connectivity index (χ1) is 12.5. The molecule has 1 aromatic heterocycles. The van der Waals surface area contributed by atoms with Gasteiger partial charge in [-0.1, -0.05) is 23.7 Å². The lowest BCUT2D eigenvalue weighted by Crippen LogP contribution is -2.10. The lowest BCUT2D eigenvalue weighted by Gasteiger charge is -1.97. The van der Waals surface area contributed by atoms with Crippen molar-refractivity contribution in [2.45, 2.75) is 13.8 Å². The molecule has 7 nitrogen and oxygen atoms in total. The van der Waals surface area contributed by atoms with E-state index in [1.54, 1.807) is 42.6 Å². The second kappa shape index (κ2) is 5.76. The fraction of sp³-hybridized carbons (Fsp3) is 0.118. The van der Waals surface area contributed by atoms with Gasteiger partial charge in [-0.3, -0.25) is 10.2 Å². The first-order valence-corrected chi connectivity index (χ1v) is 8.79. The molecule has 9 heteroatoms. The molecule has 2 aromatic rings. The molecule has 0 bridgehead atoms. The Kier molecular flexibility index (Phi) is 3.64. The summed E-state index contributed by atoms with van der Waals surface area (Å²) in [5, 5.41) is 26.0. The van der Waals surface area contributed by atoms with Crippen LogP contribution in [0.15, 0.2) is 39.3 Å². The second-order valence-corrected chi connectivity index (χ2v) is 7.12. The lowest BCUT2D eigenvalue weighted by molar-refractivity contribution is 0.794. The number of halogens is 1. The van der Waals surface area contributed by atoms with Crippen LogP contribution in [0.2, 0.25) is 5.02 Å². The zero-order valence-corrected chi connectivity index (χ0v) is 15.3. The Morgan fingerprint density at radius 1 is 1.19 bits per heavy atom. The number of benzene rings is 1. The van der Waals surface area contributed by atoms with Crippen LogP contribution in [-0.2, 0) is 0 Å². The molecular formula is C17H11ClN6OS. The highest BCUT2D eigenvalue weighted by atomic mass is 35.5. The summed E-state index contributed by atoms with van der Waals surface area (Å²) in [6.07, 6.45) is 0. The van der Waals surface area contributed by atoms with Gasteiger partial charge in [0, 0.05) is 0 Å². The van der Waals surface area contributed by atoms with Crippen molar-refractivity contribution in [1.82, 2.24) is 9.03 Å². The molecule has 2 aliphatic rings. The Hall–Kier alpha value is -3.02. The highest BCUT2D eigenvalue weighted by Gasteiger charge is 2.28. The normalized spacial score (nSPS) is 11.8. The van der Waals surface area contributed by atoms with Crippen LogP contribution in [0.4, 0.5) is 11.4 Å². The maximum Gasteiger partial charge on any atom is 0.299 e. The SMILES string of the molecule is Cc1c(N=Nc2ccccc2Cl)c(=O)n2c(C)c3sc(=N)c(C#N)c-3n12. The van der Waals surface area contributed by atoms with Crippen LogP contribution in [-0.4, -0.2) is 9.03 Å². The topological polar surface area (TPSA) is 98.2 Å². The van der Waals surface area contributed by atoms with Gasteiger partial charge in [0.15, 0.2) is 5.69 Å². The maximum absolute atomic E-state index is 12.9. The molecule has 0 radical (unpaired) electrons. The van der Waals surface area contributed by atoms with Gasteiger partial charge >= 0.3 is 0 Å². The van der Waals surface area contributed by atoms with Gasteiger partial charge in [0.1, 0.15) is 27.7 Å².